The Labute approximate surface area is 380 Å². The van der Waals surface area contributed by atoms with E-state index in [1.165, 1.54) is 0 Å². The van der Waals surface area contributed by atoms with Gasteiger partial charge < -0.3 is 84.6 Å². The van der Waals surface area contributed by atoms with Crippen LogP contribution in [-0.4, -0.2) is 180 Å². The molecule has 372 valence electrons. The van der Waals surface area contributed by atoms with E-state index >= 15 is 0 Å². The van der Waals surface area contributed by atoms with Crippen LogP contribution in [-0.2, 0) is 33.2 Å². The van der Waals surface area contributed by atoms with Crippen molar-refractivity contribution in [3.63, 3.8) is 0 Å². The lowest BCUT2D eigenvalue weighted by atomic mass is 9.33. The molecule has 4 saturated carbocycles. The molecule has 18 heteroatoms. The summed E-state index contributed by atoms with van der Waals surface area (Å²) >= 11 is 0. The van der Waals surface area contributed by atoms with E-state index in [0.717, 1.165) is 24.8 Å². The highest BCUT2D eigenvalue weighted by Gasteiger charge is 2.72. The number of aliphatic hydroxyl groups is 11. The second-order valence-electron chi connectivity index (χ2n) is 22.7. The lowest BCUT2D eigenvalue weighted by Gasteiger charge is -2.72. The van der Waals surface area contributed by atoms with E-state index in [4.69, 9.17) is 28.4 Å². The number of carbonyl (C=O) groups excluding carboxylic acids is 1. The Bertz CT molecular complexity index is 1770. The van der Waals surface area contributed by atoms with Crippen molar-refractivity contribution in [2.24, 2.45) is 50.7 Å². The number of carbonyl (C=O) groups is 1. The average Bonchev–Trinajstić information content (AvgIpc) is 3.25. The summed E-state index contributed by atoms with van der Waals surface area (Å²) in [5.74, 6) is -1.06. The summed E-state index contributed by atoms with van der Waals surface area (Å²) in [4.78, 5) is 14.7. The van der Waals surface area contributed by atoms with E-state index in [2.05, 4.69) is 40.7 Å². The van der Waals surface area contributed by atoms with Crippen molar-refractivity contribution in [3.8, 4) is 0 Å². The van der Waals surface area contributed by atoms with Crippen LogP contribution in [0.4, 0.5) is 0 Å². The second-order valence-corrected chi connectivity index (χ2v) is 22.7. The van der Waals surface area contributed by atoms with Gasteiger partial charge in [0.1, 0.15) is 67.1 Å². The predicted octanol–water partition coefficient (Wildman–Crippen LogP) is -0.250. The van der Waals surface area contributed by atoms with E-state index in [0.29, 0.717) is 38.5 Å². The number of ether oxygens (including phenoxy) is 6. The van der Waals surface area contributed by atoms with Gasteiger partial charge in [-0.2, -0.15) is 0 Å². The maximum absolute atomic E-state index is 14.7. The van der Waals surface area contributed by atoms with Crippen LogP contribution in [0.5, 0.6) is 0 Å². The molecule has 0 amide bonds. The first kappa shape index (κ1) is 50.0. The first-order valence-electron chi connectivity index (χ1n) is 23.9. The molecule has 3 aliphatic heterocycles. The third kappa shape index (κ3) is 7.53. The molecular weight excluding hydrogens is 852 g/mol. The zero-order chi connectivity index (χ0) is 47.6. The fourth-order valence-electron chi connectivity index (χ4n) is 15.0. The number of esters is 1. The van der Waals surface area contributed by atoms with E-state index in [9.17, 15) is 61.0 Å². The highest BCUT2D eigenvalue weighted by molar-refractivity contribution is 5.79. The normalized spacial score (nSPS) is 55.4. The highest BCUT2D eigenvalue weighted by atomic mass is 16.8. The molecule has 0 aromatic heterocycles. The highest BCUT2D eigenvalue weighted by Crippen LogP contribution is 2.76. The van der Waals surface area contributed by atoms with Gasteiger partial charge in [-0.05, 0) is 104 Å². The van der Waals surface area contributed by atoms with Crippen molar-refractivity contribution in [2.45, 2.75) is 204 Å². The summed E-state index contributed by atoms with van der Waals surface area (Å²) in [6.07, 6.45) is -13.6. The Balaban J connectivity index is 1.05. The Morgan fingerprint density at radius 3 is 1.94 bits per heavy atom. The minimum absolute atomic E-state index is 0.154. The molecule has 0 aromatic rings. The average molecular weight is 929 g/mol. The van der Waals surface area contributed by atoms with E-state index < -0.39 is 139 Å². The molecule has 18 nitrogen and oxygen atoms in total. The number of aliphatic hydroxyl groups excluding tert-OH is 10. The van der Waals surface area contributed by atoms with Crippen LogP contribution in [0.25, 0.3) is 0 Å². The summed E-state index contributed by atoms with van der Waals surface area (Å²) < 4.78 is 35.9. The van der Waals surface area contributed by atoms with E-state index in [1.54, 1.807) is 0 Å². The summed E-state index contributed by atoms with van der Waals surface area (Å²) in [7, 11) is 0. The smallest absolute Gasteiger partial charge is 0.315 e. The van der Waals surface area contributed by atoms with Crippen LogP contribution < -0.4 is 0 Å². The Morgan fingerprint density at radius 2 is 1.31 bits per heavy atom. The largest absolute Gasteiger partial charge is 0.432 e. The van der Waals surface area contributed by atoms with Crippen LogP contribution in [0.15, 0.2) is 11.6 Å². The molecule has 65 heavy (non-hydrogen) atoms. The third-order valence-corrected chi connectivity index (χ3v) is 19.3. The van der Waals surface area contributed by atoms with E-state index in [-0.39, 0.29) is 35.2 Å². The Hall–Kier alpha value is -1.43. The van der Waals surface area contributed by atoms with Crippen LogP contribution in [0.3, 0.4) is 0 Å². The maximum atomic E-state index is 14.7. The Morgan fingerprint density at radius 1 is 0.692 bits per heavy atom. The van der Waals surface area contributed by atoms with Crippen molar-refractivity contribution < 1.29 is 89.4 Å². The van der Waals surface area contributed by atoms with Crippen LogP contribution in [0.2, 0.25) is 0 Å². The first-order valence-corrected chi connectivity index (χ1v) is 23.9. The zero-order valence-electron chi connectivity index (χ0n) is 38.8. The van der Waals surface area contributed by atoms with Crippen LogP contribution in [0.1, 0.15) is 106 Å². The van der Waals surface area contributed by atoms with Crippen molar-refractivity contribution >= 4 is 5.97 Å². The molecular formula is C47H76O18. The van der Waals surface area contributed by atoms with Gasteiger partial charge in [0.2, 0.25) is 6.29 Å². The number of fused-ring (bicyclic) bond motifs is 7. The zero-order valence-corrected chi connectivity index (χ0v) is 38.8. The summed E-state index contributed by atoms with van der Waals surface area (Å²) in [6.45, 7) is 13.7. The maximum Gasteiger partial charge on any atom is 0.315 e. The molecule has 3 saturated heterocycles. The topological polar surface area (TPSA) is 295 Å². The first-order chi connectivity index (χ1) is 30.3. The molecule has 3 heterocycles. The molecule has 8 aliphatic rings. The fraction of sp³-hybridized carbons (Fsp3) is 0.936. The molecule has 0 bridgehead atoms. The molecule has 8 rings (SSSR count). The molecule has 11 N–H and O–H groups in total. The molecule has 5 aliphatic carbocycles. The van der Waals surface area contributed by atoms with Gasteiger partial charge in [0.15, 0.2) is 12.6 Å². The van der Waals surface area contributed by atoms with Gasteiger partial charge in [0, 0.05) is 5.92 Å². The number of rotatable bonds is 8. The third-order valence-electron chi connectivity index (χ3n) is 19.3. The van der Waals surface area contributed by atoms with Crippen molar-refractivity contribution in [3.05, 3.63) is 11.6 Å². The molecule has 7 fully saturated rings. The van der Waals surface area contributed by atoms with Gasteiger partial charge in [0.25, 0.3) is 0 Å². The summed E-state index contributed by atoms with van der Waals surface area (Å²) in [5, 5.41) is 117. The van der Waals surface area contributed by atoms with Crippen molar-refractivity contribution in [1.29, 1.82) is 0 Å². The fourth-order valence-corrected chi connectivity index (χ4v) is 15.0. The van der Waals surface area contributed by atoms with Gasteiger partial charge in [-0.3, -0.25) is 4.79 Å². The monoisotopic (exact) mass is 929 g/mol. The van der Waals surface area contributed by atoms with Crippen molar-refractivity contribution in [1.82, 2.24) is 0 Å². The Kier molecular flexibility index (Phi) is 13.4. The molecule has 0 spiro atoms. The van der Waals surface area contributed by atoms with Crippen molar-refractivity contribution in [2.75, 3.05) is 19.8 Å². The lowest BCUT2D eigenvalue weighted by Crippen LogP contribution is -2.68. The van der Waals surface area contributed by atoms with Crippen LogP contribution in [0, 0.1) is 50.7 Å². The van der Waals surface area contributed by atoms with Gasteiger partial charge in [-0.25, -0.2) is 0 Å². The lowest BCUT2D eigenvalue weighted by molar-refractivity contribution is -0.367. The molecule has 24 atom stereocenters. The molecule has 0 aromatic carbocycles. The summed E-state index contributed by atoms with van der Waals surface area (Å²) in [6, 6.07) is 0. The quantitative estimate of drug-likeness (QED) is 0.0850. The molecule has 0 radical (unpaired) electrons. The standard InChI is InChI=1S/C47H76O18/c1-21-10-15-47(41(58)65-39-35(57)33(55)31(53)25(19-49)62-39)17-16-44(5)22(37(47)46(21,7)59)8-9-27-43(4)13-12-28(42(2,3)26(43)11-14-45(27,44)6)63-40-36(29(51)23(50)20-60-40)64-38-34(56)32(54)30(52)24(18-48)61-38/h8,21,23-40,48-57,59H,9-20H2,1-7H3/t21-,23-,24-,25-,26+,27-,28+,29+,30-,31-,32+,33+,34-,35-,36-,37-,38+,39+,40+,43+,44-,45-,46-,47+/m1/s1. The van der Waals surface area contributed by atoms with Crippen LogP contribution >= 0.6 is 0 Å². The van der Waals surface area contributed by atoms with Gasteiger partial charge in [-0.15, -0.1) is 0 Å². The second kappa shape index (κ2) is 17.5. The van der Waals surface area contributed by atoms with Gasteiger partial charge in [-0.1, -0.05) is 53.2 Å². The van der Waals surface area contributed by atoms with Gasteiger partial charge in [0.05, 0.1) is 36.9 Å². The number of hydrogen-bond acceptors (Lipinski definition) is 18. The predicted molar refractivity (Wildman–Crippen MR) is 226 cm³/mol. The number of hydrogen-bond donors (Lipinski definition) is 11. The van der Waals surface area contributed by atoms with E-state index in [1.807, 2.05) is 13.8 Å². The minimum Gasteiger partial charge on any atom is -0.432 e. The minimum atomic E-state index is -1.75. The SMILES string of the molecule is C[C@@H]1CC[C@]2(C(=O)O[C@@H]3O[C@H](CO)[C@@H](O)[C@H](O)[C@H]3O)CC[C@]3(C)C(=CC[C@@H]4[C@@]5(C)CC[C@H](O[C@@H]6OC[C@@H](O)[C@H](O)[C@H]6O[C@@H]6O[C@H](CO)[C@@H](O)[C@H](O)[C@H]6O)C(C)(C)[C@@H]5CC[C@]43C)[C@@H]2[C@]1(C)O. The van der Waals surface area contributed by atoms with Gasteiger partial charge >= 0.3 is 5.97 Å². The summed E-state index contributed by atoms with van der Waals surface area (Å²) in [5.41, 5.74) is -2.75. The molecule has 0 unspecified atom stereocenters. The number of allylic oxidation sites excluding steroid dienone is 1.